The maximum Gasteiger partial charge on any atom is 0.337 e. The highest BCUT2D eigenvalue weighted by Crippen LogP contribution is 2.23. The Morgan fingerprint density at radius 2 is 2.05 bits per heavy atom. The number of carboxylic acids is 1. The van der Waals surface area contributed by atoms with Gasteiger partial charge in [0.1, 0.15) is 5.75 Å². The summed E-state index contributed by atoms with van der Waals surface area (Å²) in [7, 11) is 1.61. The summed E-state index contributed by atoms with van der Waals surface area (Å²) in [4.78, 5) is 11.2. The van der Waals surface area contributed by atoms with Crippen molar-refractivity contribution in [2.24, 2.45) is 0 Å². The number of hydrogen-bond acceptors (Lipinski definition) is 3. The zero-order valence-electron chi connectivity index (χ0n) is 10.9. The van der Waals surface area contributed by atoms with E-state index in [9.17, 15) is 9.90 Å². The number of carboxylic acid groups (broad SMARTS) is 1. The maximum atomic E-state index is 11.2. The molecule has 0 aliphatic heterocycles. The number of carbonyl (C=O) groups is 1. The van der Waals surface area contributed by atoms with E-state index in [-0.39, 0.29) is 5.56 Å². The maximum absolute atomic E-state index is 11.2. The molecule has 0 amide bonds. The molecule has 2 aromatic carbocycles. The predicted octanol–water partition coefficient (Wildman–Crippen LogP) is 3.77. The van der Waals surface area contributed by atoms with Crippen LogP contribution in [0.25, 0.3) is 0 Å². The second-order valence-corrected chi connectivity index (χ2v) is 5.08. The normalized spacial score (nSPS) is 10.1. The van der Waals surface area contributed by atoms with Gasteiger partial charge in [0.25, 0.3) is 0 Å². The number of ether oxygens (including phenoxy) is 1. The molecule has 104 valence electrons. The van der Waals surface area contributed by atoms with Crippen molar-refractivity contribution >= 4 is 27.6 Å². The number of benzene rings is 2. The number of rotatable bonds is 5. The molecular formula is C15H14BrNO3. The van der Waals surface area contributed by atoms with Gasteiger partial charge in [0.15, 0.2) is 0 Å². The summed E-state index contributed by atoms with van der Waals surface area (Å²) in [5.74, 6) is -0.192. The van der Waals surface area contributed by atoms with Crippen LogP contribution in [0.2, 0.25) is 0 Å². The first-order valence-corrected chi connectivity index (χ1v) is 6.79. The van der Waals surface area contributed by atoms with E-state index in [0.29, 0.717) is 12.2 Å². The SMILES string of the molecule is COc1ccccc1CNc1ccc(Br)cc1C(=O)O. The molecular weight excluding hydrogens is 322 g/mol. The van der Waals surface area contributed by atoms with Crippen molar-refractivity contribution < 1.29 is 14.6 Å². The lowest BCUT2D eigenvalue weighted by molar-refractivity contribution is 0.0698. The second-order valence-electron chi connectivity index (χ2n) is 4.16. The van der Waals surface area contributed by atoms with Crippen molar-refractivity contribution in [1.82, 2.24) is 0 Å². The van der Waals surface area contributed by atoms with E-state index < -0.39 is 5.97 Å². The lowest BCUT2D eigenvalue weighted by atomic mass is 10.1. The summed E-state index contributed by atoms with van der Waals surface area (Å²) in [5, 5.41) is 12.3. The van der Waals surface area contributed by atoms with Crippen LogP contribution in [-0.4, -0.2) is 18.2 Å². The highest BCUT2D eigenvalue weighted by molar-refractivity contribution is 9.10. The lowest BCUT2D eigenvalue weighted by Gasteiger charge is -2.12. The molecule has 0 saturated heterocycles. The van der Waals surface area contributed by atoms with Gasteiger partial charge in [-0.3, -0.25) is 0 Å². The van der Waals surface area contributed by atoms with Gasteiger partial charge in [-0.2, -0.15) is 0 Å². The molecule has 0 fully saturated rings. The van der Waals surface area contributed by atoms with Gasteiger partial charge in [0.05, 0.1) is 12.7 Å². The summed E-state index contributed by atoms with van der Waals surface area (Å²) in [5.41, 5.74) is 1.77. The summed E-state index contributed by atoms with van der Waals surface area (Å²) in [6.07, 6.45) is 0. The van der Waals surface area contributed by atoms with E-state index in [4.69, 9.17) is 4.74 Å². The topological polar surface area (TPSA) is 58.6 Å². The Balaban J connectivity index is 2.21. The summed E-state index contributed by atoms with van der Waals surface area (Å²) in [6, 6.07) is 12.7. The van der Waals surface area contributed by atoms with Crippen molar-refractivity contribution in [1.29, 1.82) is 0 Å². The molecule has 0 bridgehead atoms. The Morgan fingerprint density at radius 3 is 2.75 bits per heavy atom. The largest absolute Gasteiger partial charge is 0.496 e. The monoisotopic (exact) mass is 335 g/mol. The average Bonchev–Trinajstić information content (AvgIpc) is 2.46. The van der Waals surface area contributed by atoms with E-state index in [1.54, 1.807) is 25.3 Å². The minimum atomic E-state index is -0.964. The molecule has 0 aliphatic rings. The molecule has 0 spiro atoms. The van der Waals surface area contributed by atoms with E-state index >= 15 is 0 Å². The molecule has 0 unspecified atom stereocenters. The highest BCUT2D eigenvalue weighted by Gasteiger charge is 2.11. The van der Waals surface area contributed by atoms with Gasteiger partial charge in [-0.25, -0.2) is 4.79 Å². The van der Waals surface area contributed by atoms with Crippen molar-refractivity contribution in [3.05, 3.63) is 58.1 Å². The van der Waals surface area contributed by atoms with Crippen molar-refractivity contribution in [3.8, 4) is 5.75 Å². The molecule has 0 aromatic heterocycles. The first-order valence-electron chi connectivity index (χ1n) is 6.00. The number of aromatic carboxylic acids is 1. The van der Waals surface area contributed by atoms with E-state index in [1.165, 1.54) is 0 Å². The van der Waals surface area contributed by atoms with Gasteiger partial charge < -0.3 is 15.2 Å². The smallest absolute Gasteiger partial charge is 0.337 e. The van der Waals surface area contributed by atoms with Crippen LogP contribution in [0, 0.1) is 0 Å². The van der Waals surface area contributed by atoms with E-state index in [1.807, 2.05) is 24.3 Å². The fourth-order valence-electron chi connectivity index (χ4n) is 1.89. The molecule has 2 N–H and O–H groups in total. The molecule has 0 heterocycles. The predicted molar refractivity (Wildman–Crippen MR) is 81.4 cm³/mol. The number of methoxy groups -OCH3 is 1. The third-order valence-electron chi connectivity index (χ3n) is 2.87. The molecule has 5 heteroatoms. The molecule has 0 saturated carbocycles. The van der Waals surface area contributed by atoms with E-state index in [0.717, 1.165) is 15.8 Å². The molecule has 0 radical (unpaired) electrons. The van der Waals surface area contributed by atoms with Crippen LogP contribution in [0.4, 0.5) is 5.69 Å². The number of hydrogen-bond donors (Lipinski definition) is 2. The Morgan fingerprint density at radius 1 is 1.30 bits per heavy atom. The molecule has 20 heavy (non-hydrogen) atoms. The molecule has 2 aromatic rings. The molecule has 4 nitrogen and oxygen atoms in total. The van der Waals surface area contributed by atoms with Gasteiger partial charge in [-0.15, -0.1) is 0 Å². The van der Waals surface area contributed by atoms with Crippen molar-refractivity contribution in [2.75, 3.05) is 12.4 Å². The lowest BCUT2D eigenvalue weighted by Crippen LogP contribution is -2.07. The van der Waals surface area contributed by atoms with Gasteiger partial charge in [-0.05, 0) is 24.3 Å². The second kappa shape index (κ2) is 6.43. The highest BCUT2D eigenvalue weighted by atomic mass is 79.9. The van der Waals surface area contributed by atoms with Crippen LogP contribution in [0.3, 0.4) is 0 Å². The first-order chi connectivity index (χ1) is 9.61. The minimum absolute atomic E-state index is 0.231. The van der Waals surface area contributed by atoms with Gasteiger partial charge in [0, 0.05) is 22.3 Å². The Labute approximate surface area is 125 Å². The third kappa shape index (κ3) is 3.30. The first kappa shape index (κ1) is 14.4. The van der Waals surface area contributed by atoms with Crippen LogP contribution < -0.4 is 10.1 Å². The number of nitrogens with one attached hydrogen (secondary N) is 1. The summed E-state index contributed by atoms with van der Waals surface area (Å²) >= 11 is 3.27. The minimum Gasteiger partial charge on any atom is -0.496 e. The number of halogens is 1. The summed E-state index contributed by atoms with van der Waals surface area (Å²) < 4.78 is 6.00. The zero-order chi connectivity index (χ0) is 14.5. The van der Waals surface area contributed by atoms with Crippen molar-refractivity contribution in [2.45, 2.75) is 6.54 Å². The van der Waals surface area contributed by atoms with Crippen LogP contribution in [-0.2, 0) is 6.54 Å². The molecule has 2 rings (SSSR count). The third-order valence-corrected chi connectivity index (χ3v) is 3.37. The summed E-state index contributed by atoms with van der Waals surface area (Å²) in [6.45, 7) is 0.492. The van der Waals surface area contributed by atoms with Gasteiger partial charge >= 0.3 is 5.97 Å². The Bertz CT molecular complexity index is 628. The average molecular weight is 336 g/mol. The fraction of sp³-hybridized carbons (Fsp3) is 0.133. The van der Waals surface area contributed by atoms with Crippen LogP contribution in [0.1, 0.15) is 15.9 Å². The van der Waals surface area contributed by atoms with Crippen LogP contribution >= 0.6 is 15.9 Å². The van der Waals surface area contributed by atoms with Crippen LogP contribution in [0.15, 0.2) is 46.9 Å². The zero-order valence-corrected chi connectivity index (χ0v) is 12.5. The van der Waals surface area contributed by atoms with Gasteiger partial charge in [0.2, 0.25) is 0 Å². The Kier molecular flexibility index (Phi) is 4.63. The number of para-hydroxylation sites is 1. The van der Waals surface area contributed by atoms with Gasteiger partial charge in [-0.1, -0.05) is 34.1 Å². The molecule has 0 aliphatic carbocycles. The molecule has 0 atom stereocenters. The Hall–Kier alpha value is -2.01. The van der Waals surface area contributed by atoms with E-state index in [2.05, 4.69) is 21.2 Å². The van der Waals surface area contributed by atoms with Crippen molar-refractivity contribution in [3.63, 3.8) is 0 Å². The van der Waals surface area contributed by atoms with Crippen LogP contribution in [0.5, 0.6) is 5.75 Å². The number of anilines is 1. The quantitative estimate of drug-likeness (QED) is 0.873. The standard InChI is InChI=1S/C15H14BrNO3/c1-20-14-5-3-2-4-10(14)9-17-13-7-6-11(16)8-12(13)15(18)19/h2-8,17H,9H2,1H3,(H,18,19). The fourth-order valence-corrected chi connectivity index (χ4v) is 2.25.